The van der Waals surface area contributed by atoms with E-state index in [1.54, 1.807) is 0 Å². The van der Waals surface area contributed by atoms with Crippen LogP contribution in [-0.4, -0.2) is 11.5 Å². The van der Waals surface area contributed by atoms with Gasteiger partial charge in [0.05, 0.1) is 10.2 Å². The van der Waals surface area contributed by atoms with E-state index < -0.39 is 0 Å². The summed E-state index contributed by atoms with van der Waals surface area (Å²) >= 11 is 1.81. The predicted octanol–water partition coefficient (Wildman–Crippen LogP) is 2.89. The third kappa shape index (κ3) is 1.63. The molecule has 2 aromatic rings. The Kier molecular flexibility index (Phi) is 2.18. The largest absolute Gasteiger partial charge is 0.391 e. The summed E-state index contributed by atoms with van der Waals surface area (Å²) in [5.41, 5.74) is 1.13. The van der Waals surface area contributed by atoms with Gasteiger partial charge in [-0.15, -0.1) is 11.3 Å². The Morgan fingerprint density at radius 2 is 2.27 bits per heavy atom. The topological polar surface area (TPSA) is 24.9 Å². The fraction of sp³-hybridized carbons (Fsp3) is 0.250. The maximum Gasteiger partial charge on any atom is 0.101 e. The molecule has 0 aliphatic carbocycles. The molecule has 3 heteroatoms. The van der Waals surface area contributed by atoms with Crippen molar-refractivity contribution in [2.24, 2.45) is 0 Å². The molecule has 1 aliphatic rings. The van der Waals surface area contributed by atoms with E-state index in [2.05, 4.69) is 34.6 Å². The number of allylic oxidation sites excluding steroid dienone is 1. The van der Waals surface area contributed by atoms with Crippen LogP contribution in [0.5, 0.6) is 0 Å². The number of nitrogens with one attached hydrogen (secondary N) is 1. The number of nitrogens with zero attached hydrogens (tertiary/aromatic N) is 1. The molecule has 0 amide bonds. The highest BCUT2D eigenvalue weighted by Gasteiger charge is 2.14. The van der Waals surface area contributed by atoms with E-state index in [-0.39, 0.29) is 0 Å². The molecule has 0 radical (unpaired) electrons. The van der Waals surface area contributed by atoms with E-state index in [9.17, 15) is 0 Å². The maximum absolute atomic E-state index is 4.68. The minimum absolute atomic E-state index is 0.503. The zero-order chi connectivity index (χ0) is 10.1. The Labute approximate surface area is 92.7 Å². The van der Waals surface area contributed by atoms with Gasteiger partial charge in [-0.2, -0.15) is 0 Å². The van der Waals surface area contributed by atoms with Crippen molar-refractivity contribution in [3.05, 3.63) is 41.5 Å². The molecular weight excluding hydrogens is 204 g/mol. The number of fused-ring (bicyclic) bond motifs is 1. The quantitative estimate of drug-likeness (QED) is 0.793. The van der Waals surface area contributed by atoms with Gasteiger partial charge < -0.3 is 5.32 Å². The van der Waals surface area contributed by atoms with Crippen LogP contribution in [0.3, 0.4) is 0 Å². The van der Waals surface area contributed by atoms with Gasteiger partial charge in [-0.3, -0.25) is 0 Å². The van der Waals surface area contributed by atoms with Crippen molar-refractivity contribution in [2.45, 2.75) is 12.3 Å². The van der Waals surface area contributed by atoms with Crippen molar-refractivity contribution in [1.82, 2.24) is 10.3 Å². The summed E-state index contributed by atoms with van der Waals surface area (Å²) in [6, 6.07) is 8.34. The second-order valence-electron chi connectivity index (χ2n) is 3.73. The van der Waals surface area contributed by atoms with Gasteiger partial charge in [0.2, 0.25) is 0 Å². The summed E-state index contributed by atoms with van der Waals surface area (Å²) in [6.45, 7) is 1.05. The van der Waals surface area contributed by atoms with E-state index in [1.807, 2.05) is 23.6 Å². The first-order chi connectivity index (χ1) is 7.43. The first kappa shape index (κ1) is 8.92. The molecule has 2 heterocycles. The van der Waals surface area contributed by atoms with Gasteiger partial charge in [-0.05, 0) is 24.8 Å². The summed E-state index contributed by atoms with van der Waals surface area (Å²) in [7, 11) is 0. The number of aromatic nitrogens is 1. The zero-order valence-electron chi connectivity index (χ0n) is 8.31. The first-order valence-electron chi connectivity index (χ1n) is 5.19. The van der Waals surface area contributed by atoms with Crippen LogP contribution in [0, 0.1) is 0 Å². The lowest BCUT2D eigenvalue weighted by atomic mass is 10.0. The average Bonchev–Trinajstić information content (AvgIpc) is 2.74. The lowest BCUT2D eigenvalue weighted by molar-refractivity contribution is 0.655. The molecule has 15 heavy (non-hydrogen) atoms. The fourth-order valence-electron chi connectivity index (χ4n) is 1.86. The number of para-hydroxylation sites is 1. The van der Waals surface area contributed by atoms with E-state index in [1.165, 1.54) is 9.71 Å². The molecule has 3 rings (SSSR count). The second kappa shape index (κ2) is 3.66. The summed E-state index contributed by atoms with van der Waals surface area (Å²) in [6.07, 6.45) is 5.40. The van der Waals surface area contributed by atoms with Crippen LogP contribution in [0.4, 0.5) is 0 Å². The molecule has 0 bridgehead atoms. The van der Waals surface area contributed by atoms with Gasteiger partial charge in [-0.25, -0.2) is 4.98 Å². The molecule has 76 valence electrons. The summed E-state index contributed by atoms with van der Waals surface area (Å²) in [5, 5.41) is 4.46. The second-order valence-corrected chi connectivity index (χ2v) is 4.79. The van der Waals surface area contributed by atoms with Crippen LogP contribution in [0.1, 0.15) is 17.3 Å². The highest BCUT2D eigenvalue weighted by atomic mass is 32.1. The van der Waals surface area contributed by atoms with E-state index in [0.717, 1.165) is 18.5 Å². The van der Waals surface area contributed by atoms with Gasteiger partial charge in [0.15, 0.2) is 0 Å². The number of thiazole rings is 1. The van der Waals surface area contributed by atoms with Crippen molar-refractivity contribution in [3.8, 4) is 0 Å². The summed E-state index contributed by atoms with van der Waals surface area (Å²) in [5.74, 6) is 0.503. The van der Waals surface area contributed by atoms with Gasteiger partial charge in [0, 0.05) is 12.5 Å². The zero-order valence-corrected chi connectivity index (χ0v) is 9.13. The van der Waals surface area contributed by atoms with Crippen LogP contribution in [-0.2, 0) is 0 Å². The number of rotatable bonds is 1. The standard InChI is InChI=1S/C12H12N2S/c1-2-4-11-10(3-1)14-12(15-11)9-5-7-13-8-6-9/h1-5,7,9,13H,6,8H2. The minimum Gasteiger partial charge on any atom is -0.391 e. The molecule has 2 nitrogen and oxygen atoms in total. The van der Waals surface area contributed by atoms with Crippen LogP contribution in [0.25, 0.3) is 10.2 Å². The van der Waals surface area contributed by atoms with Crippen molar-refractivity contribution < 1.29 is 0 Å². The molecule has 0 saturated carbocycles. The first-order valence-corrected chi connectivity index (χ1v) is 6.01. The van der Waals surface area contributed by atoms with Crippen molar-refractivity contribution >= 4 is 21.6 Å². The minimum atomic E-state index is 0.503. The van der Waals surface area contributed by atoms with Gasteiger partial charge in [-0.1, -0.05) is 18.2 Å². The molecule has 1 aromatic carbocycles. The predicted molar refractivity (Wildman–Crippen MR) is 64.1 cm³/mol. The van der Waals surface area contributed by atoms with Gasteiger partial charge in [0.25, 0.3) is 0 Å². The van der Waals surface area contributed by atoms with Crippen LogP contribution < -0.4 is 5.32 Å². The molecule has 1 aliphatic heterocycles. The third-order valence-corrected chi connectivity index (χ3v) is 3.84. The Morgan fingerprint density at radius 1 is 1.33 bits per heavy atom. The van der Waals surface area contributed by atoms with Crippen molar-refractivity contribution in [1.29, 1.82) is 0 Å². The lowest BCUT2D eigenvalue weighted by Gasteiger charge is -2.14. The Bertz CT molecular complexity index is 468. The number of hydrogen-bond acceptors (Lipinski definition) is 3. The van der Waals surface area contributed by atoms with Crippen LogP contribution in [0.2, 0.25) is 0 Å². The third-order valence-electron chi connectivity index (χ3n) is 2.67. The average molecular weight is 216 g/mol. The highest BCUT2D eigenvalue weighted by Crippen LogP contribution is 2.30. The fourth-order valence-corrected chi connectivity index (χ4v) is 2.94. The molecule has 0 fully saturated rings. The van der Waals surface area contributed by atoms with Gasteiger partial charge in [0.1, 0.15) is 5.01 Å². The number of benzene rings is 1. The van der Waals surface area contributed by atoms with E-state index in [4.69, 9.17) is 0 Å². The maximum atomic E-state index is 4.68. The molecule has 0 spiro atoms. The molecule has 1 atom stereocenters. The lowest BCUT2D eigenvalue weighted by Crippen LogP contribution is -2.15. The van der Waals surface area contributed by atoms with Crippen molar-refractivity contribution in [3.63, 3.8) is 0 Å². The summed E-state index contributed by atoms with van der Waals surface area (Å²) in [4.78, 5) is 4.68. The SMILES string of the molecule is C1=CC(c2nc3ccccc3s2)CCN1. The Hall–Kier alpha value is -1.35. The van der Waals surface area contributed by atoms with E-state index >= 15 is 0 Å². The molecule has 1 unspecified atom stereocenters. The van der Waals surface area contributed by atoms with Crippen LogP contribution in [0.15, 0.2) is 36.5 Å². The Balaban J connectivity index is 2.03. The normalized spacial score (nSPS) is 20.4. The Morgan fingerprint density at radius 3 is 3.07 bits per heavy atom. The number of hydrogen-bond donors (Lipinski definition) is 1. The monoisotopic (exact) mass is 216 g/mol. The molecular formula is C12H12N2S. The molecule has 1 N–H and O–H groups in total. The highest BCUT2D eigenvalue weighted by molar-refractivity contribution is 7.18. The van der Waals surface area contributed by atoms with E-state index in [0.29, 0.717) is 5.92 Å². The van der Waals surface area contributed by atoms with Gasteiger partial charge >= 0.3 is 0 Å². The molecule has 1 aromatic heterocycles. The molecule has 0 saturated heterocycles. The van der Waals surface area contributed by atoms with Crippen LogP contribution >= 0.6 is 11.3 Å². The van der Waals surface area contributed by atoms with Crippen molar-refractivity contribution in [2.75, 3.05) is 6.54 Å². The smallest absolute Gasteiger partial charge is 0.101 e. The summed E-state index contributed by atoms with van der Waals surface area (Å²) < 4.78 is 1.29.